The van der Waals surface area contributed by atoms with E-state index in [1.165, 1.54) is 5.06 Å². The molecule has 0 radical (unpaired) electrons. The number of hydrogen-bond donors (Lipinski definition) is 0. The normalized spacial score (nSPS) is 16.1. The van der Waals surface area contributed by atoms with Gasteiger partial charge in [0.2, 0.25) is 8.32 Å². The van der Waals surface area contributed by atoms with Crippen LogP contribution in [0.25, 0.3) is 0 Å². The van der Waals surface area contributed by atoms with Crippen molar-refractivity contribution >= 4 is 19.9 Å². The summed E-state index contributed by atoms with van der Waals surface area (Å²) in [5.41, 5.74) is 1.97. The summed E-state index contributed by atoms with van der Waals surface area (Å²) in [7, 11) is -1.98. The Balaban J connectivity index is 2.28. The Bertz CT molecular complexity index is 477. The first-order valence-corrected chi connectivity index (χ1v) is 9.23. The molecule has 1 aliphatic heterocycles. The second kappa shape index (κ2) is 4.21. The van der Waals surface area contributed by atoms with E-state index in [-0.39, 0.29) is 10.9 Å². The standard InChI is InChI=1S/C14H21NO2Si/c1-14(2,3)18(4,5)17-15-12-9-7-6-8-11(12)10-13(15)16/h6-9H,10H2,1-5H3. The molecule has 0 atom stereocenters. The Hall–Kier alpha value is -1.13. The summed E-state index contributed by atoms with van der Waals surface area (Å²) in [4.78, 5) is 12.1. The highest BCUT2D eigenvalue weighted by atomic mass is 28.4. The van der Waals surface area contributed by atoms with Crippen molar-refractivity contribution in [1.82, 2.24) is 0 Å². The average Bonchev–Trinajstić information content (AvgIpc) is 2.54. The summed E-state index contributed by atoms with van der Waals surface area (Å²) in [6, 6.07) is 7.84. The number of para-hydroxylation sites is 1. The first kappa shape index (κ1) is 13.3. The highest BCUT2D eigenvalue weighted by molar-refractivity contribution is 6.74. The van der Waals surface area contributed by atoms with E-state index in [4.69, 9.17) is 4.53 Å². The molecule has 1 aromatic carbocycles. The van der Waals surface area contributed by atoms with Crippen LogP contribution in [-0.4, -0.2) is 14.2 Å². The quantitative estimate of drug-likeness (QED) is 0.764. The lowest BCUT2D eigenvalue weighted by Gasteiger charge is -2.38. The third kappa shape index (κ3) is 2.22. The summed E-state index contributed by atoms with van der Waals surface area (Å²) >= 11 is 0. The topological polar surface area (TPSA) is 29.5 Å². The van der Waals surface area contributed by atoms with Gasteiger partial charge in [0.25, 0.3) is 5.91 Å². The summed E-state index contributed by atoms with van der Waals surface area (Å²) in [5, 5.41) is 1.61. The van der Waals surface area contributed by atoms with Crippen LogP contribution in [0.3, 0.4) is 0 Å². The molecule has 0 saturated carbocycles. The van der Waals surface area contributed by atoms with Crippen LogP contribution in [0.2, 0.25) is 18.1 Å². The summed E-state index contributed by atoms with van der Waals surface area (Å²) < 4.78 is 6.12. The first-order chi connectivity index (χ1) is 8.22. The van der Waals surface area contributed by atoms with Crippen molar-refractivity contribution in [2.75, 3.05) is 5.06 Å². The van der Waals surface area contributed by atoms with Gasteiger partial charge in [0.05, 0.1) is 12.1 Å². The van der Waals surface area contributed by atoms with Crippen molar-refractivity contribution in [2.45, 2.75) is 45.3 Å². The third-order valence-corrected chi connectivity index (χ3v) is 8.16. The minimum atomic E-state index is -1.98. The number of carbonyl (C=O) groups excluding carboxylic acids is 1. The second-order valence-electron chi connectivity index (χ2n) is 6.35. The van der Waals surface area contributed by atoms with Crippen molar-refractivity contribution in [3.8, 4) is 0 Å². The average molecular weight is 263 g/mol. The Morgan fingerprint density at radius 2 is 1.83 bits per heavy atom. The van der Waals surface area contributed by atoms with Crippen LogP contribution in [0.1, 0.15) is 26.3 Å². The predicted octanol–water partition coefficient (Wildman–Crippen LogP) is 3.51. The smallest absolute Gasteiger partial charge is 0.254 e. The number of carbonyl (C=O) groups is 1. The fraction of sp³-hybridized carbons (Fsp3) is 0.500. The summed E-state index contributed by atoms with van der Waals surface area (Å²) in [6.45, 7) is 10.8. The monoisotopic (exact) mass is 263 g/mol. The lowest BCUT2D eigenvalue weighted by Crippen LogP contribution is -2.47. The molecule has 0 spiro atoms. The molecule has 0 unspecified atom stereocenters. The number of hydrogen-bond acceptors (Lipinski definition) is 2. The molecule has 1 heterocycles. The molecular formula is C14H21NO2Si. The number of fused-ring (bicyclic) bond motifs is 1. The van der Waals surface area contributed by atoms with E-state index in [2.05, 4.69) is 33.9 Å². The zero-order valence-corrected chi connectivity index (χ0v) is 12.8. The largest absolute Gasteiger partial charge is 0.312 e. The Morgan fingerprint density at radius 1 is 1.22 bits per heavy atom. The van der Waals surface area contributed by atoms with Gasteiger partial charge in [-0.25, -0.2) is 0 Å². The fourth-order valence-corrected chi connectivity index (χ4v) is 2.62. The fourth-order valence-electron chi connectivity index (χ4n) is 1.69. The molecule has 3 nitrogen and oxygen atoms in total. The molecule has 0 fully saturated rings. The van der Waals surface area contributed by atoms with Crippen molar-refractivity contribution in [2.24, 2.45) is 0 Å². The lowest BCUT2D eigenvalue weighted by atomic mass is 10.2. The van der Waals surface area contributed by atoms with Gasteiger partial charge in [-0.1, -0.05) is 39.0 Å². The number of rotatable bonds is 2. The third-order valence-electron chi connectivity index (χ3n) is 3.90. The van der Waals surface area contributed by atoms with E-state index in [1.807, 2.05) is 24.3 Å². The maximum Gasteiger partial charge on any atom is 0.254 e. The van der Waals surface area contributed by atoms with E-state index in [0.29, 0.717) is 6.42 Å². The highest BCUT2D eigenvalue weighted by Crippen LogP contribution is 2.39. The number of amides is 1. The zero-order chi connectivity index (χ0) is 13.6. The summed E-state index contributed by atoms with van der Waals surface area (Å²) in [5.74, 6) is 0.0426. The SMILES string of the molecule is CC(C)(C)[Si](C)(C)ON1C(=O)Cc2ccccc21. The Kier molecular flexibility index (Phi) is 3.11. The van der Waals surface area contributed by atoms with Crippen LogP contribution in [-0.2, 0) is 15.7 Å². The molecule has 0 bridgehead atoms. The van der Waals surface area contributed by atoms with Gasteiger partial charge in [-0.15, -0.1) is 0 Å². The zero-order valence-electron chi connectivity index (χ0n) is 11.8. The molecule has 4 heteroatoms. The molecule has 0 saturated heterocycles. The van der Waals surface area contributed by atoms with Crippen LogP contribution in [0.5, 0.6) is 0 Å². The predicted molar refractivity (Wildman–Crippen MR) is 75.9 cm³/mol. The molecule has 18 heavy (non-hydrogen) atoms. The van der Waals surface area contributed by atoms with Crippen LogP contribution >= 0.6 is 0 Å². The van der Waals surface area contributed by atoms with Gasteiger partial charge in [-0.05, 0) is 29.8 Å². The van der Waals surface area contributed by atoms with E-state index < -0.39 is 8.32 Å². The number of benzene rings is 1. The van der Waals surface area contributed by atoms with Crippen molar-refractivity contribution in [1.29, 1.82) is 0 Å². The number of hydroxylamine groups is 1. The minimum Gasteiger partial charge on any atom is -0.312 e. The van der Waals surface area contributed by atoms with E-state index in [0.717, 1.165) is 11.3 Å². The molecule has 1 aromatic rings. The molecule has 0 aromatic heterocycles. The lowest BCUT2D eigenvalue weighted by molar-refractivity contribution is -0.121. The van der Waals surface area contributed by atoms with Gasteiger partial charge in [0.1, 0.15) is 0 Å². The number of nitrogens with zero attached hydrogens (tertiary/aromatic N) is 1. The Morgan fingerprint density at radius 3 is 2.44 bits per heavy atom. The van der Waals surface area contributed by atoms with E-state index in [1.54, 1.807) is 0 Å². The van der Waals surface area contributed by atoms with Crippen LogP contribution in [0.4, 0.5) is 5.69 Å². The van der Waals surface area contributed by atoms with Gasteiger partial charge >= 0.3 is 0 Å². The van der Waals surface area contributed by atoms with Crippen molar-refractivity contribution in [3.63, 3.8) is 0 Å². The van der Waals surface area contributed by atoms with Gasteiger partial charge in [-0.2, -0.15) is 5.06 Å². The second-order valence-corrected chi connectivity index (χ2v) is 11.0. The van der Waals surface area contributed by atoms with Crippen molar-refractivity contribution < 1.29 is 9.32 Å². The van der Waals surface area contributed by atoms with Gasteiger partial charge < -0.3 is 4.53 Å². The van der Waals surface area contributed by atoms with Crippen molar-refractivity contribution in [3.05, 3.63) is 29.8 Å². The van der Waals surface area contributed by atoms with E-state index in [9.17, 15) is 4.79 Å². The minimum absolute atomic E-state index is 0.0426. The van der Waals surface area contributed by atoms with E-state index >= 15 is 0 Å². The highest BCUT2D eigenvalue weighted by Gasteiger charge is 2.42. The molecule has 0 N–H and O–H groups in total. The maximum atomic E-state index is 12.1. The van der Waals surface area contributed by atoms with Gasteiger partial charge in [0.15, 0.2) is 0 Å². The van der Waals surface area contributed by atoms with Crippen LogP contribution < -0.4 is 5.06 Å². The molecule has 1 amide bonds. The maximum absolute atomic E-state index is 12.1. The van der Waals surface area contributed by atoms with Gasteiger partial charge in [-0.3, -0.25) is 4.79 Å². The molecule has 98 valence electrons. The molecular weight excluding hydrogens is 242 g/mol. The van der Waals surface area contributed by atoms with Crippen LogP contribution in [0, 0.1) is 0 Å². The van der Waals surface area contributed by atoms with Crippen LogP contribution in [0.15, 0.2) is 24.3 Å². The molecule has 1 aliphatic rings. The summed E-state index contributed by atoms with van der Waals surface area (Å²) in [6.07, 6.45) is 0.449. The first-order valence-electron chi connectivity index (χ1n) is 6.32. The van der Waals surface area contributed by atoms with Gasteiger partial charge in [0, 0.05) is 0 Å². The molecule has 2 rings (SSSR count). The number of anilines is 1. The Labute approximate surface area is 110 Å². The molecule has 0 aliphatic carbocycles.